The summed E-state index contributed by atoms with van der Waals surface area (Å²) in [4.78, 5) is 90.4. The molecular weight excluding hydrogens is 1100 g/mol. The van der Waals surface area contributed by atoms with E-state index in [1.54, 1.807) is 14.2 Å². The van der Waals surface area contributed by atoms with Crippen LogP contribution in [-0.2, 0) is 90.0 Å². The Hall–Kier alpha value is -3.51. The Kier molecular flexibility index (Phi) is 56.9. The Balaban J connectivity index is 0. The number of carbonyl (C=O) groups is 6. The fraction of sp³-hybridized carbons (Fsp3) is 0.889. The SMILES string of the molecule is C.CCCOCCOCCOCC(=O)NC(CCCCNC(=O)COCCOCCOCCOC)C(=O)NC(CCCCNC(=O)COCCOCCOCCOC)C(=O)NCCCC(=O)NCCCCC(CO)COP(=O)([O-])C(C)C. The number of aliphatic hydroxyl groups is 1. The number of nitrogens with one attached hydrogen (secondary N) is 6. The third kappa shape index (κ3) is 51.0. The van der Waals surface area contributed by atoms with Crippen molar-refractivity contribution >= 4 is 43.0 Å². The molecule has 28 heteroatoms. The van der Waals surface area contributed by atoms with Crippen LogP contribution in [0.25, 0.3) is 0 Å². The minimum absolute atomic E-state index is 0. The molecule has 0 aliphatic carbocycles. The molecule has 0 heterocycles. The number of unbranched alkanes of at least 4 members (excludes halogenated alkanes) is 3. The standard InChI is InChI=1S/C53H103N6O21P.CH4/c1-6-22-71-27-28-74-35-38-79-43-51(64)58-47(16-9-12-20-56-50(63)42-78-37-34-76-32-30-73-26-24-70-5)53(66)59-46(15-8-11-19-55-49(62)41-77-36-33-75-31-29-72-25-23-69-4)52(65)57-21-13-17-48(61)54-18-10-7-14-45(39-60)40-80-81(67,68)44(2)3;/h44-47,60H,6-43H2,1-5H3,(H,54,61)(H,55,62)(H,56,63)(H,57,65)(H,58,64)(H,59,66)(H,67,68);1H4/p-1. The maximum absolute atomic E-state index is 14.0. The highest BCUT2D eigenvalue weighted by Crippen LogP contribution is 2.42. The lowest BCUT2D eigenvalue weighted by Crippen LogP contribution is -2.54. The molecule has 0 aliphatic heterocycles. The van der Waals surface area contributed by atoms with Crippen molar-refractivity contribution in [2.75, 3.05) is 186 Å². The fourth-order valence-corrected chi connectivity index (χ4v) is 7.55. The predicted molar refractivity (Wildman–Crippen MR) is 304 cm³/mol. The van der Waals surface area contributed by atoms with Gasteiger partial charge in [-0.3, -0.25) is 28.8 Å². The Morgan fingerprint density at radius 2 is 0.841 bits per heavy atom. The summed E-state index contributed by atoms with van der Waals surface area (Å²) >= 11 is 0. The maximum Gasteiger partial charge on any atom is 0.246 e. The molecule has 82 heavy (non-hydrogen) atoms. The lowest BCUT2D eigenvalue weighted by Gasteiger charge is -2.28. The van der Waals surface area contributed by atoms with Crippen LogP contribution in [-0.4, -0.2) is 244 Å². The van der Waals surface area contributed by atoms with Gasteiger partial charge in [0.05, 0.1) is 112 Å². The van der Waals surface area contributed by atoms with Crippen molar-refractivity contribution in [1.29, 1.82) is 0 Å². The molecule has 7 N–H and O–H groups in total. The highest BCUT2D eigenvalue weighted by atomic mass is 31.2. The molecule has 0 aromatic carbocycles. The molecule has 4 unspecified atom stereocenters. The van der Waals surface area contributed by atoms with Crippen molar-refractivity contribution in [2.24, 2.45) is 5.92 Å². The highest BCUT2D eigenvalue weighted by molar-refractivity contribution is 7.52. The third-order valence-electron chi connectivity index (χ3n) is 11.5. The van der Waals surface area contributed by atoms with Gasteiger partial charge in [-0.05, 0) is 64.2 Å². The Morgan fingerprint density at radius 3 is 1.27 bits per heavy atom. The van der Waals surface area contributed by atoms with Crippen LogP contribution in [0.1, 0.15) is 105 Å². The smallest absolute Gasteiger partial charge is 0.246 e. The first kappa shape index (κ1) is 80.6. The summed E-state index contributed by atoms with van der Waals surface area (Å²) in [5, 5.41) is 26.4. The number of aliphatic hydroxyl groups excluding tert-OH is 1. The summed E-state index contributed by atoms with van der Waals surface area (Å²) in [5.41, 5.74) is -0.667. The first-order chi connectivity index (χ1) is 39.2. The Labute approximate surface area is 488 Å². The molecule has 4 atom stereocenters. The van der Waals surface area contributed by atoms with Crippen LogP contribution >= 0.6 is 7.60 Å². The average molecular weight is 1210 g/mol. The molecule has 0 saturated heterocycles. The summed E-state index contributed by atoms with van der Waals surface area (Å²) in [5.74, 6) is -2.95. The number of carbonyl (C=O) groups excluding carboxylic acids is 6. The van der Waals surface area contributed by atoms with Crippen molar-refractivity contribution in [1.82, 2.24) is 31.9 Å². The monoisotopic (exact) mass is 1210 g/mol. The predicted octanol–water partition coefficient (Wildman–Crippen LogP) is 0.787. The van der Waals surface area contributed by atoms with Crippen LogP contribution in [0, 0.1) is 5.92 Å². The third-order valence-corrected chi connectivity index (χ3v) is 13.3. The summed E-state index contributed by atoms with van der Waals surface area (Å²) in [7, 11) is -0.821. The Bertz CT molecular complexity index is 1630. The fourth-order valence-electron chi connectivity index (χ4n) is 6.84. The quantitative estimate of drug-likeness (QED) is 0.0327. The van der Waals surface area contributed by atoms with Gasteiger partial charge in [-0.25, -0.2) is 0 Å². The Morgan fingerprint density at radius 1 is 0.463 bits per heavy atom. The lowest BCUT2D eigenvalue weighted by atomic mass is 10.0. The highest BCUT2D eigenvalue weighted by Gasteiger charge is 2.27. The van der Waals surface area contributed by atoms with Gasteiger partial charge in [0.25, 0.3) is 0 Å². The van der Waals surface area contributed by atoms with E-state index in [-0.39, 0.29) is 149 Å². The average Bonchev–Trinajstić information content (AvgIpc) is 3.44. The number of methoxy groups -OCH3 is 2. The van der Waals surface area contributed by atoms with Gasteiger partial charge in [0.15, 0.2) is 0 Å². The minimum atomic E-state index is -4.00. The normalized spacial score (nSPS) is 13.1. The zero-order chi connectivity index (χ0) is 59.9. The van der Waals surface area contributed by atoms with Crippen molar-refractivity contribution in [3.8, 4) is 0 Å². The zero-order valence-corrected chi connectivity index (χ0v) is 50.1. The molecule has 0 saturated carbocycles. The van der Waals surface area contributed by atoms with Crippen LogP contribution in [0.2, 0.25) is 0 Å². The molecule has 6 amide bonds. The van der Waals surface area contributed by atoms with Gasteiger partial charge in [0.1, 0.15) is 39.5 Å². The number of rotatable bonds is 60. The topological polar surface area (TPSA) is 346 Å². The van der Waals surface area contributed by atoms with Crippen molar-refractivity contribution < 1.29 is 100.0 Å². The number of amides is 6. The van der Waals surface area contributed by atoms with Crippen molar-refractivity contribution in [2.45, 2.75) is 123 Å². The first-order valence-corrected chi connectivity index (χ1v) is 30.2. The van der Waals surface area contributed by atoms with Crippen LogP contribution in [0.15, 0.2) is 0 Å². The van der Waals surface area contributed by atoms with Gasteiger partial charge in [0, 0.05) is 71.6 Å². The second-order valence-corrected chi connectivity index (χ2v) is 21.3. The summed E-state index contributed by atoms with van der Waals surface area (Å²) in [6.45, 7) is 11.3. The number of hydrogen-bond acceptors (Lipinski definition) is 21. The molecule has 0 aromatic rings. The van der Waals surface area contributed by atoms with Gasteiger partial charge < -0.3 is 103 Å². The molecule has 0 radical (unpaired) electrons. The van der Waals surface area contributed by atoms with E-state index in [0.29, 0.717) is 124 Å². The number of hydrogen-bond donors (Lipinski definition) is 7. The molecule has 484 valence electrons. The summed E-state index contributed by atoms with van der Waals surface area (Å²) in [6.07, 6.45) is 5.05. The van der Waals surface area contributed by atoms with Gasteiger partial charge in [-0.1, -0.05) is 34.6 Å². The van der Waals surface area contributed by atoms with Crippen LogP contribution in [0.4, 0.5) is 0 Å². The molecule has 0 rings (SSSR count). The second kappa shape index (κ2) is 57.9. The van der Waals surface area contributed by atoms with Crippen LogP contribution in [0.5, 0.6) is 0 Å². The van der Waals surface area contributed by atoms with Gasteiger partial charge in [0.2, 0.25) is 35.4 Å². The van der Waals surface area contributed by atoms with Crippen LogP contribution < -0.4 is 36.8 Å². The van der Waals surface area contributed by atoms with E-state index in [4.69, 9.17) is 56.6 Å². The largest absolute Gasteiger partial charge is 0.778 e. The molecule has 0 fully saturated rings. The van der Waals surface area contributed by atoms with Crippen molar-refractivity contribution in [3.05, 3.63) is 0 Å². The molecular formula is C54H106N6O21P-. The summed E-state index contributed by atoms with van der Waals surface area (Å²) < 4.78 is 75.6. The molecule has 0 spiro atoms. The molecule has 0 aliphatic rings. The second-order valence-electron chi connectivity index (χ2n) is 18.9. The lowest BCUT2D eigenvalue weighted by molar-refractivity contribution is -0.202. The van der Waals surface area contributed by atoms with E-state index in [1.165, 1.54) is 13.8 Å². The molecule has 0 aromatic heterocycles. The van der Waals surface area contributed by atoms with E-state index >= 15 is 0 Å². The van der Waals surface area contributed by atoms with Crippen LogP contribution in [0.3, 0.4) is 0 Å². The van der Waals surface area contributed by atoms with E-state index in [9.17, 15) is 43.3 Å². The maximum atomic E-state index is 14.0. The van der Waals surface area contributed by atoms with Crippen molar-refractivity contribution in [3.63, 3.8) is 0 Å². The molecule has 0 bridgehead atoms. The van der Waals surface area contributed by atoms with E-state index in [2.05, 4.69) is 31.9 Å². The minimum Gasteiger partial charge on any atom is -0.778 e. The van der Waals surface area contributed by atoms with Gasteiger partial charge >= 0.3 is 0 Å². The summed E-state index contributed by atoms with van der Waals surface area (Å²) in [6, 6.07) is -2.14. The zero-order valence-electron chi connectivity index (χ0n) is 49.2. The van der Waals surface area contributed by atoms with E-state index in [1.807, 2.05) is 6.92 Å². The van der Waals surface area contributed by atoms with Gasteiger partial charge in [-0.15, -0.1) is 0 Å². The molecule has 27 nitrogen and oxygen atoms in total. The first-order valence-electron chi connectivity index (χ1n) is 28.6. The van der Waals surface area contributed by atoms with E-state index in [0.717, 1.165) is 6.42 Å². The van der Waals surface area contributed by atoms with E-state index < -0.39 is 43.1 Å². The number of ether oxygens (including phenoxy) is 11. The van der Waals surface area contributed by atoms with Gasteiger partial charge in [-0.2, -0.15) is 0 Å².